The third-order valence-electron chi connectivity index (χ3n) is 4.58. The van der Waals surface area contributed by atoms with E-state index in [0.29, 0.717) is 17.4 Å². The summed E-state index contributed by atoms with van der Waals surface area (Å²) in [7, 11) is 0. The number of amides is 1. The van der Waals surface area contributed by atoms with Crippen molar-refractivity contribution in [2.24, 2.45) is 5.92 Å². The Morgan fingerprint density at radius 3 is 2.79 bits per heavy atom. The molecule has 0 radical (unpaired) electrons. The lowest BCUT2D eigenvalue weighted by Gasteiger charge is -2.29. The Balaban J connectivity index is 1.61. The molecule has 1 heterocycles. The van der Waals surface area contributed by atoms with E-state index in [1.807, 2.05) is 37.3 Å². The highest BCUT2D eigenvalue weighted by molar-refractivity contribution is 7.13. The van der Waals surface area contributed by atoms with Crippen LogP contribution in [0.4, 0.5) is 0 Å². The highest BCUT2D eigenvalue weighted by Crippen LogP contribution is 2.25. The number of nitrogens with zero attached hydrogens (tertiary/aromatic N) is 1. The van der Waals surface area contributed by atoms with E-state index >= 15 is 0 Å². The fourth-order valence-corrected chi connectivity index (χ4v) is 4.03. The minimum Gasteiger partial charge on any atom is -0.486 e. The predicted octanol–water partition coefficient (Wildman–Crippen LogP) is 4.34. The molecule has 1 aliphatic carbocycles. The Bertz CT molecular complexity index is 684. The zero-order valence-corrected chi connectivity index (χ0v) is 15.1. The molecule has 2 atom stereocenters. The lowest BCUT2D eigenvalue weighted by Crippen LogP contribution is -2.40. The van der Waals surface area contributed by atoms with E-state index in [4.69, 9.17) is 4.74 Å². The van der Waals surface area contributed by atoms with Crippen molar-refractivity contribution in [2.75, 3.05) is 0 Å². The van der Waals surface area contributed by atoms with Gasteiger partial charge in [-0.1, -0.05) is 38.0 Å². The summed E-state index contributed by atoms with van der Waals surface area (Å²) in [5.74, 6) is 1.37. The van der Waals surface area contributed by atoms with Crippen molar-refractivity contribution in [3.8, 4) is 5.75 Å². The first kappa shape index (κ1) is 17.0. The highest BCUT2D eigenvalue weighted by Gasteiger charge is 2.25. The van der Waals surface area contributed by atoms with Gasteiger partial charge >= 0.3 is 0 Å². The molecule has 1 aliphatic rings. The average molecular weight is 344 g/mol. The van der Waals surface area contributed by atoms with Gasteiger partial charge in [-0.05, 0) is 37.8 Å². The second-order valence-electron chi connectivity index (χ2n) is 6.47. The molecule has 4 nitrogen and oxygen atoms in total. The molecule has 5 heteroatoms. The van der Waals surface area contributed by atoms with E-state index in [-0.39, 0.29) is 11.9 Å². The molecule has 1 saturated carbocycles. The standard InChI is InChI=1S/C19H24N2O2S/c1-13-8-6-7-11-16(13)21-19(22)18-14(2)20-17(24-18)12-23-15-9-4-3-5-10-15/h3-5,9-10,13,16H,6-8,11-12H2,1-2H3,(H,21,22)/t13-,16-/m0/s1. The number of aromatic nitrogens is 1. The number of thiazole rings is 1. The van der Waals surface area contributed by atoms with E-state index in [1.54, 1.807) is 0 Å². The zero-order chi connectivity index (χ0) is 16.9. The molecule has 0 saturated heterocycles. The molecular weight excluding hydrogens is 320 g/mol. The molecule has 1 fully saturated rings. The quantitative estimate of drug-likeness (QED) is 0.878. The van der Waals surface area contributed by atoms with E-state index in [0.717, 1.165) is 22.9 Å². The molecule has 0 bridgehead atoms. The average Bonchev–Trinajstić information content (AvgIpc) is 2.97. The Kier molecular flexibility index (Phi) is 5.51. The number of ether oxygens (including phenoxy) is 1. The van der Waals surface area contributed by atoms with Crippen molar-refractivity contribution in [3.63, 3.8) is 0 Å². The Hall–Kier alpha value is -1.88. The van der Waals surface area contributed by atoms with E-state index in [9.17, 15) is 4.79 Å². The van der Waals surface area contributed by atoms with Crippen LogP contribution >= 0.6 is 11.3 Å². The van der Waals surface area contributed by atoms with Gasteiger partial charge < -0.3 is 10.1 Å². The van der Waals surface area contributed by atoms with Gasteiger partial charge in [0.05, 0.1) is 5.69 Å². The molecule has 24 heavy (non-hydrogen) atoms. The van der Waals surface area contributed by atoms with Crippen LogP contribution in [-0.2, 0) is 6.61 Å². The number of carbonyl (C=O) groups excluding carboxylic acids is 1. The largest absolute Gasteiger partial charge is 0.486 e. The summed E-state index contributed by atoms with van der Waals surface area (Å²) in [5, 5.41) is 4.04. The first-order chi connectivity index (χ1) is 11.6. The van der Waals surface area contributed by atoms with Crippen LogP contribution in [0.1, 0.15) is 53.0 Å². The van der Waals surface area contributed by atoms with Crippen LogP contribution in [0, 0.1) is 12.8 Å². The van der Waals surface area contributed by atoms with Gasteiger partial charge in [0.1, 0.15) is 22.2 Å². The fraction of sp³-hybridized carbons (Fsp3) is 0.474. The SMILES string of the molecule is Cc1nc(COc2ccccc2)sc1C(=O)N[C@H]1CCCC[C@@H]1C. The lowest BCUT2D eigenvalue weighted by atomic mass is 9.86. The van der Waals surface area contributed by atoms with Crippen molar-refractivity contribution in [2.45, 2.75) is 52.2 Å². The maximum atomic E-state index is 12.6. The molecule has 3 rings (SSSR count). The topological polar surface area (TPSA) is 51.2 Å². The number of benzene rings is 1. The van der Waals surface area contributed by atoms with E-state index < -0.39 is 0 Å². The molecule has 1 aromatic carbocycles. The van der Waals surface area contributed by atoms with Crippen molar-refractivity contribution in [3.05, 3.63) is 45.9 Å². The van der Waals surface area contributed by atoms with Crippen molar-refractivity contribution in [1.82, 2.24) is 10.3 Å². The van der Waals surface area contributed by atoms with Gasteiger partial charge in [0, 0.05) is 6.04 Å². The van der Waals surface area contributed by atoms with Crippen molar-refractivity contribution >= 4 is 17.2 Å². The normalized spacial score (nSPS) is 20.6. The van der Waals surface area contributed by atoms with Crippen LogP contribution in [0.25, 0.3) is 0 Å². The summed E-state index contributed by atoms with van der Waals surface area (Å²) in [6, 6.07) is 9.95. The number of hydrogen-bond acceptors (Lipinski definition) is 4. The van der Waals surface area contributed by atoms with Crippen molar-refractivity contribution < 1.29 is 9.53 Å². The first-order valence-corrected chi connectivity index (χ1v) is 9.40. The minimum absolute atomic E-state index is 0.00899. The molecular formula is C19H24N2O2S. The second-order valence-corrected chi connectivity index (χ2v) is 7.55. The molecule has 2 aromatic rings. The van der Waals surface area contributed by atoms with Crippen LogP contribution in [0.5, 0.6) is 5.75 Å². The smallest absolute Gasteiger partial charge is 0.263 e. The van der Waals surface area contributed by atoms with Crippen LogP contribution in [0.3, 0.4) is 0 Å². The summed E-state index contributed by atoms with van der Waals surface area (Å²) in [5.41, 5.74) is 0.785. The number of aryl methyl sites for hydroxylation is 1. The number of carbonyl (C=O) groups is 1. The first-order valence-electron chi connectivity index (χ1n) is 8.58. The van der Waals surface area contributed by atoms with Gasteiger partial charge in [0.15, 0.2) is 0 Å². The summed E-state index contributed by atoms with van der Waals surface area (Å²) in [6.45, 7) is 4.51. The Morgan fingerprint density at radius 2 is 2.04 bits per heavy atom. The number of para-hydroxylation sites is 1. The molecule has 128 valence electrons. The van der Waals surface area contributed by atoms with Gasteiger partial charge in [-0.25, -0.2) is 4.98 Å². The monoisotopic (exact) mass is 344 g/mol. The summed E-state index contributed by atoms with van der Waals surface area (Å²) < 4.78 is 5.72. The van der Waals surface area contributed by atoms with Crippen LogP contribution in [-0.4, -0.2) is 16.9 Å². The zero-order valence-electron chi connectivity index (χ0n) is 14.2. The van der Waals surface area contributed by atoms with E-state index in [2.05, 4.69) is 17.2 Å². The third-order valence-corrected chi connectivity index (χ3v) is 5.71. The summed E-state index contributed by atoms with van der Waals surface area (Å²) in [4.78, 5) is 17.8. The Labute approximate surface area is 147 Å². The number of rotatable bonds is 5. The van der Waals surface area contributed by atoms with Gasteiger partial charge in [-0.2, -0.15) is 0 Å². The molecule has 0 unspecified atom stereocenters. The van der Waals surface area contributed by atoms with Crippen LogP contribution in [0.15, 0.2) is 30.3 Å². The third kappa shape index (κ3) is 4.15. The van der Waals surface area contributed by atoms with Gasteiger partial charge in [0.25, 0.3) is 5.91 Å². The maximum Gasteiger partial charge on any atom is 0.263 e. The molecule has 0 aliphatic heterocycles. The van der Waals surface area contributed by atoms with Crippen LogP contribution < -0.4 is 10.1 Å². The minimum atomic E-state index is 0.00899. The van der Waals surface area contributed by atoms with Gasteiger partial charge in [-0.3, -0.25) is 4.79 Å². The predicted molar refractivity (Wildman–Crippen MR) is 96.5 cm³/mol. The Morgan fingerprint density at radius 1 is 1.29 bits per heavy atom. The number of hydrogen-bond donors (Lipinski definition) is 1. The lowest BCUT2D eigenvalue weighted by molar-refractivity contribution is 0.0913. The highest BCUT2D eigenvalue weighted by atomic mass is 32.1. The summed E-state index contributed by atoms with van der Waals surface area (Å²) >= 11 is 1.43. The second kappa shape index (κ2) is 7.79. The van der Waals surface area contributed by atoms with Gasteiger partial charge in [0.2, 0.25) is 0 Å². The van der Waals surface area contributed by atoms with Gasteiger partial charge in [-0.15, -0.1) is 11.3 Å². The molecule has 1 amide bonds. The molecule has 1 aromatic heterocycles. The molecule has 0 spiro atoms. The molecule has 1 N–H and O–H groups in total. The van der Waals surface area contributed by atoms with E-state index in [1.165, 1.54) is 30.6 Å². The summed E-state index contributed by atoms with van der Waals surface area (Å²) in [6.07, 6.45) is 4.75. The number of nitrogens with one attached hydrogen (secondary N) is 1. The van der Waals surface area contributed by atoms with Crippen molar-refractivity contribution in [1.29, 1.82) is 0 Å². The fourth-order valence-electron chi connectivity index (χ4n) is 3.15. The maximum absolute atomic E-state index is 12.6. The van der Waals surface area contributed by atoms with Crippen LogP contribution in [0.2, 0.25) is 0 Å².